The number of piperidine rings is 1. The Morgan fingerprint density at radius 3 is 2.69 bits per heavy atom. The fraction of sp³-hybridized carbons (Fsp3) is 0.375. The Balaban J connectivity index is 1.42. The van der Waals surface area contributed by atoms with E-state index < -0.39 is 11.4 Å². The number of ether oxygens (including phenoxy) is 1. The SMILES string of the molecule is CC(C)(C)OC(=O)N1CCC(c2cc(=O)[nH]c3c(-c4nc(-c5cc(Cl)ccc5F)no4)cnn23)CC1. The molecule has 1 fully saturated rings. The second-order valence-electron chi connectivity index (χ2n) is 9.67. The van der Waals surface area contributed by atoms with E-state index >= 15 is 0 Å². The molecule has 12 heteroatoms. The first-order chi connectivity index (χ1) is 17.1. The number of carbonyl (C=O) groups is 1. The minimum absolute atomic E-state index is 0.0000365. The quantitative estimate of drug-likeness (QED) is 0.422. The van der Waals surface area contributed by atoms with Crippen molar-refractivity contribution in [2.45, 2.75) is 45.1 Å². The highest BCUT2D eigenvalue weighted by molar-refractivity contribution is 6.30. The molecule has 1 amide bonds. The number of H-pyrrole nitrogens is 1. The highest BCUT2D eigenvalue weighted by Crippen LogP contribution is 2.31. The molecule has 3 aromatic heterocycles. The molecule has 0 unspecified atom stereocenters. The molecule has 1 aliphatic rings. The number of hydrogen-bond acceptors (Lipinski definition) is 7. The van der Waals surface area contributed by atoms with Crippen molar-refractivity contribution in [3.8, 4) is 22.8 Å². The zero-order valence-corrected chi connectivity index (χ0v) is 20.7. The number of fused-ring (bicyclic) bond motifs is 1. The number of rotatable bonds is 3. The van der Waals surface area contributed by atoms with Crippen LogP contribution in [0.3, 0.4) is 0 Å². The van der Waals surface area contributed by atoms with Crippen LogP contribution in [0.1, 0.15) is 45.2 Å². The van der Waals surface area contributed by atoms with Gasteiger partial charge in [-0.2, -0.15) is 10.1 Å². The molecule has 4 aromatic rings. The first kappa shape index (κ1) is 24.0. The summed E-state index contributed by atoms with van der Waals surface area (Å²) < 4.78 is 26.7. The minimum Gasteiger partial charge on any atom is -0.444 e. The fourth-order valence-electron chi connectivity index (χ4n) is 4.26. The van der Waals surface area contributed by atoms with Crippen LogP contribution in [0.15, 0.2) is 39.8 Å². The summed E-state index contributed by atoms with van der Waals surface area (Å²) >= 11 is 5.98. The zero-order chi connectivity index (χ0) is 25.6. The lowest BCUT2D eigenvalue weighted by atomic mass is 9.93. The summed E-state index contributed by atoms with van der Waals surface area (Å²) in [6.45, 7) is 6.49. The van der Waals surface area contributed by atoms with E-state index in [1.807, 2.05) is 20.8 Å². The lowest BCUT2D eigenvalue weighted by molar-refractivity contribution is 0.0203. The van der Waals surface area contributed by atoms with Crippen molar-refractivity contribution in [2.75, 3.05) is 13.1 Å². The maximum atomic E-state index is 14.3. The van der Waals surface area contributed by atoms with Gasteiger partial charge >= 0.3 is 6.09 Å². The van der Waals surface area contributed by atoms with Crippen LogP contribution in [-0.4, -0.2) is 54.4 Å². The zero-order valence-electron chi connectivity index (χ0n) is 19.9. The molecule has 0 radical (unpaired) electrons. The molecule has 1 saturated heterocycles. The molecular formula is C24H24ClFN6O4. The van der Waals surface area contributed by atoms with Crippen LogP contribution in [0.4, 0.5) is 9.18 Å². The number of amides is 1. The molecule has 36 heavy (non-hydrogen) atoms. The maximum absolute atomic E-state index is 14.3. The van der Waals surface area contributed by atoms with E-state index in [2.05, 4.69) is 20.2 Å². The van der Waals surface area contributed by atoms with Gasteiger partial charge in [0.2, 0.25) is 5.82 Å². The normalized spacial score (nSPS) is 15.0. The predicted octanol–water partition coefficient (Wildman–Crippen LogP) is 4.65. The van der Waals surface area contributed by atoms with Crippen LogP contribution in [0.5, 0.6) is 0 Å². The molecule has 1 aliphatic heterocycles. The second kappa shape index (κ2) is 9.05. The molecule has 4 heterocycles. The van der Waals surface area contributed by atoms with Crippen molar-refractivity contribution >= 4 is 23.3 Å². The Labute approximate surface area is 210 Å². The van der Waals surface area contributed by atoms with E-state index in [9.17, 15) is 14.0 Å². The van der Waals surface area contributed by atoms with Crippen molar-refractivity contribution in [1.82, 2.24) is 29.6 Å². The lowest BCUT2D eigenvalue weighted by Crippen LogP contribution is -2.41. The topological polar surface area (TPSA) is 119 Å². The average Bonchev–Trinajstić information content (AvgIpc) is 3.46. The van der Waals surface area contributed by atoms with Gasteiger partial charge in [0.1, 0.15) is 22.6 Å². The third-order valence-electron chi connectivity index (χ3n) is 5.93. The molecule has 0 bridgehead atoms. The minimum atomic E-state index is -0.564. The van der Waals surface area contributed by atoms with Crippen LogP contribution in [0.2, 0.25) is 5.02 Å². The summed E-state index contributed by atoms with van der Waals surface area (Å²) in [5.41, 5.74) is 0.722. The summed E-state index contributed by atoms with van der Waals surface area (Å²) in [5, 5.41) is 8.65. The van der Waals surface area contributed by atoms with E-state index in [1.54, 1.807) is 9.42 Å². The highest BCUT2D eigenvalue weighted by Gasteiger charge is 2.29. The van der Waals surface area contributed by atoms with Crippen molar-refractivity contribution in [3.05, 3.63) is 57.3 Å². The van der Waals surface area contributed by atoms with Gasteiger partial charge in [-0.25, -0.2) is 13.7 Å². The van der Waals surface area contributed by atoms with E-state index in [0.717, 1.165) is 0 Å². The third-order valence-corrected chi connectivity index (χ3v) is 6.16. The van der Waals surface area contributed by atoms with Gasteiger partial charge in [0.05, 0.1) is 17.5 Å². The van der Waals surface area contributed by atoms with Gasteiger partial charge in [-0.3, -0.25) is 4.79 Å². The van der Waals surface area contributed by atoms with Crippen LogP contribution in [-0.2, 0) is 4.74 Å². The number of nitrogens with one attached hydrogen (secondary N) is 1. The van der Waals surface area contributed by atoms with E-state index in [4.69, 9.17) is 20.9 Å². The number of aromatic amines is 1. The first-order valence-corrected chi connectivity index (χ1v) is 11.9. The molecule has 10 nitrogen and oxygen atoms in total. The number of hydrogen-bond donors (Lipinski definition) is 1. The monoisotopic (exact) mass is 514 g/mol. The molecule has 1 N–H and O–H groups in total. The maximum Gasteiger partial charge on any atom is 0.410 e. The van der Waals surface area contributed by atoms with Gasteiger partial charge in [-0.05, 0) is 51.8 Å². The second-order valence-corrected chi connectivity index (χ2v) is 10.1. The van der Waals surface area contributed by atoms with Gasteiger partial charge in [-0.1, -0.05) is 16.8 Å². The van der Waals surface area contributed by atoms with Crippen LogP contribution in [0.25, 0.3) is 28.5 Å². The van der Waals surface area contributed by atoms with Crippen molar-refractivity contribution in [3.63, 3.8) is 0 Å². The van der Waals surface area contributed by atoms with Crippen LogP contribution >= 0.6 is 11.6 Å². The molecule has 188 valence electrons. The van der Waals surface area contributed by atoms with E-state index in [0.29, 0.717) is 47.9 Å². The van der Waals surface area contributed by atoms with Gasteiger partial charge in [0, 0.05) is 30.1 Å². The number of benzene rings is 1. The van der Waals surface area contributed by atoms with Crippen molar-refractivity contribution in [2.24, 2.45) is 0 Å². The van der Waals surface area contributed by atoms with Gasteiger partial charge in [-0.15, -0.1) is 0 Å². The lowest BCUT2D eigenvalue weighted by Gasteiger charge is -2.33. The molecule has 0 atom stereocenters. The summed E-state index contributed by atoms with van der Waals surface area (Å²) in [7, 11) is 0. The van der Waals surface area contributed by atoms with Crippen LogP contribution in [0, 0.1) is 5.82 Å². The standard InChI is InChI=1S/C24H24ClFN6O4/c1-24(2,3)35-23(34)31-8-6-13(7-9-31)18-11-19(33)28-21-16(12-27-32(18)21)22-29-20(30-36-22)15-10-14(25)4-5-17(15)26/h4-5,10-13H,6-9H2,1-3H3,(H,28,33). The van der Waals surface area contributed by atoms with E-state index in [-0.39, 0.29) is 34.8 Å². The Hall–Kier alpha value is -3.73. The largest absolute Gasteiger partial charge is 0.444 e. The van der Waals surface area contributed by atoms with E-state index in [1.165, 1.54) is 30.5 Å². The Morgan fingerprint density at radius 2 is 1.97 bits per heavy atom. The Kier molecular flexibility index (Phi) is 6.03. The molecule has 0 spiro atoms. The van der Waals surface area contributed by atoms with Gasteiger partial charge in [0.15, 0.2) is 0 Å². The number of carbonyl (C=O) groups excluding carboxylic acids is 1. The Bertz CT molecular complexity index is 1500. The number of aromatic nitrogens is 5. The molecular weight excluding hydrogens is 491 g/mol. The van der Waals surface area contributed by atoms with Crippen molar-refractivity contribution < 1.29 is 18.4 Å². The smallest absolute Gasteiger partial charge is 0.410 e. The molecule has 1 aromatic carbocycles. The highest BCUT2D eigenvalue weighted by atomic mass is 35.5. The van der Waals surface area contributed by atoms with Crippen LogP contribution < -0.4 is 5.56 Å². The summed E-state index contributed by atoms with van der Waals surface area (Å²) in [4.78, 5) is 33.7. The van der Waals surface area contributed by atoms with Gasteiger partial charge < -0.3 is 19.1 Å². The summed E-state index contributed by atoms with van der Waals surface area (Å²) in [6.07, 6.45) is 2.45. The molecule has 0 saturated carbocycles. The Morgan fingerprint density at radius 1 is 1.22 bits per heavy atom. The average molecular weight is 515 g/mol. The number of nitrogens with zero attached hydrogens (tertiary/aromatic N) is 5. The predicted molar refractivity (Wildman–Crippen MR) is 129 cm³/mol. The van der Waals surface area contributed by atoms with Crippen molar-refractivity contribution in [1.29, 1.82) is 0 Å². The molecule has 0 aliphatic carbocycles. The first-order valence-electron chi connectivity index (χ1n) is 11.5. The summed E-state index contributed by atoms with van der Waals surface area (Å²) in [6, 6.07) is 5.57. The number of likely N-dealkylation sites (tertiary alicyclic amines) is 1. The molecule has 5 rings (SSSR count). The number of halogens is 2. The summed E-state index contributed by atoms with van der Waals surface area (Å²) in [5.74, 6) is -0.440. The van der Waals surface area contributed by atoms with Gasteiger partial charge in [0.25, 0.3) is 11.4 Å². The fourth-order valence-corrected chi connectivity index (χ4v) is 4.43. The third kappa shape index (κ3) is 4.70.